The lowest BCUT2D eigenvalue weighted by molar-refractivity contribution is -0.571. The highest BCUT2D eigenvalue weighted by Gasteiger charge is 2.74. The number of hydrogen-bond acceptors (Lipinski definition) is 21. The van der Waals surface area contributed by atoms with Crippen molar-refractivity contribution in [1.82, 2.24) is 15.6 Å². The van der Waals surface area contributed by atoms with Gasteiger partial charge in [-0.05, 0) is 262 Å². The van der Waals surface area contributed by atoms with Gasteiger partial charge < -0.3 is 59.2 Å². The molecule has 20 fully saturated rings. The van der Waals surface area contributed by atoms with E-state index in [0.29, 0.717) is 116 Å². The Balaban J connectivity index is 0.000000119. The van der Waals surface area contributed by atoms with Gasteiger partial charge in [-0.2, -0.15) is 0 Å². The van der Waals surface area contributed by atoms with Crippen molar-refractivity contribution < 1.29 is 109 Å². The molecule has 4 saturated carbocycles. The first-order chi connectivity index (χ1) is 60.3. The van der Waals surface area contributed by atoms with Gasteiger partial charge in [0.2, 0.25) is 46.8 Å². The summed E-state index contributed by atoms with van der Waals surface area (Å²) in [6, 6.07) is 22.6. The van der Waals surface area contributed by atoms with Gasteiger partial charge in [-0.25, -0.2) is 52.3 Å². The van der Waals surface area contributed by atoms with Crippen LogP contribution in [0.1, 0.15) is 254 Å². The van der Waals surface area contributed by atoms with Gasteiger partial charge in [0.25, 0.3) is 0 Å². The third kappa shape index (κ3) is 17.7. The molecule has 0 radical (unpaired) electrons. The maximum absolute atomic E-state index is 13.8. The Bertz CT molecular complexity index is 4540. The van der Waals surface area contributed by atoms with E-state index in [4.69, 9.17) is 77.0 Å². The van der Waals surface area contributed by atoms with Crippen LogP contribution in [-0.2, 0) is 109 Å². The molecule has 28 heteroatoms. The number of amides is 4. The number of fused-ring (bicyclic) bond motifs is 8. The van der Waals surface area contributed by atoms with Crippen LogP contribution in [-0.4, -0.2) is 124 Å². The number of aryl methyl sites for hydroxylation is 1. The molecule has 1 aromatic heterocycles. The molecule has 4 amide bonds. The Morgan fingerprint density at radius 3 is 1.11 bits per heavy atom. The van der Waals surface area contributed by atoms with E-state index in [9.17, 15) is 32.3 Å². The van der Waals surface area contributed by atoms with Crippen LogP contribution in [0.25, 0.3) is 0 Å². The summed E-state index contributed by atoms with van der Waals surface area (Å²) in [6.07, 6.45) is 19.2. The van der Waals surface area contributed by atoms with E-state index in [0.717, 1.165) is 108 Å². The van der Waals surface area contributed by atoms with Crippen molar-refractivity contribution in [3.05, 3.63) is 125 Å². The highest BCUT2D eigenvalue weighted by atomic mass is 19.1. The molecule has 4 aliphatic carbocycles. The van der Waals surface area contributed by atoms with Gasteiger partial charge in [0, 0.05) is 111 Å². The smallest absolute Gasteiger partial charge is 0.224 e. The summed E-state index contributed by atoms with van der Waals surface area (Å²) in [4.78, 5) is 102. The first-order valence-electron chi connectivity index (χ1n) is 47.3. The number of halogens is 3. The van der Waals surface area contributed by atoms with Gasteiger partial charge in [-0.1, -0.05) is 91.8 Å². The predicted octanol–water partition coefficient (Wildman–Crippen LogP) is 18.1. The number of anilines is 2. The number of hydrogen-bond donors (Lipinski definition) is 4. The van der Waals surface area contributed by atoms with Gasteiger partial charge in [-0.15, -0.1) is 0 Å². The molecule has 4 spiro atoms. The van der Waals surface area contributed by atoms with Crippen LogP contribution in [0.2, 0.25) is 0 Å². The van der Waals surface area contributed by atoms with E-state index in [-0.39, 0.29) is 120 Å². The average Bonchev–Trinajstić information content (AvgIpc) is 1.44. The van der Waals surface area contributed by atoms with Crippen molar-refractivity contribution in [1.29, 1.82) is 0 Å². The molecule has 4 aromatic rings. The van der Waals surface area contributed by atoms with Gasteiger partial charge in [0.1, 0.15) is 17.5 Å². The van der Waals surface area contributed by atoms with Crippen LogP contribution in [0.4, 0.5) is 24.5 Å². The number of pyridine rings is 1. The van der Waals surface area contributed by atoms with Crippen LogP contribution in [0.15, 0.2) is 91.1 Å². The quantitative estimate of drug-likeness (QED) is 0.0674. The van der Waals surface area contributed by atoms with Crippen LogP contribution >= 0.6 is 0 Å². The lowest BCUT2D eigenvalue weighted by atomic mass is 9.57. The fourth-order valence-corrected chi connectivity index (χ4v) is 25.8. The van der Waals surface area contributed by atoms with E-state index >= 15 is 0 Å². The van der Waals surface area contributed by atoms with E-state index < -0.39 is 76.5 Å². The molecular weight excluding hydrogens is 1620 g/mol. The minimum Gasteiger partial charge on any atom is -0.352 e. The third-order valence-corrected chi connectivity index (χ3v) is 32.9. The molecule has 8 bridgehead atoms. The maximum atomic E-state index is 13.8. The second kappa shape index (κ2) is 36.8. The Labute approximate surface area is 739 Å². The number of aromatic nitrogens is 1. The van der Waals surface area contributed by atoms with E-state index in [1.165, 1.54) is 30.7 Å². The van der Waals surface area contributed by atoms with E-state index in [1.807, 2.05) is 46.8 Å². The normalized spacial score (nSPS) is 43.2. The molecule has 126 heavy (non-hydrogen) atoms. The number of nitrogens with zero attached hydrogens (tertiary/aromatic N) is 1. The fraction of sp³-hybridized carbons (Fsp3) is 0.724. The lowest BCUT2D eigenvalue weighted by Gasteiger charge is -2.60. The summed E-state index contributed by atoms with van der Waals surface area (Å²) >= 11 is 0. The zero-order valence-electron chi connectivity index (χ0n) is 75.6. The lowest BCUT2D eigenvalue weighted by Crippen LogP contribution is -2.70. The van der Waals surface area contributed by atoms with Gasteiger partial charge in [0.15, 0.2) is 47.6 Å². The fourth-order valence-electron chi connectivity index (χ4n) is 25.8. The van der Waals surface area contributed by atoms with Crippen LogP contribution in [0.5, 0.6) is 0 Å². The van der Waals surface area contributed by atoms with Gasteiger partial charge in [0.05, 0.1) is 30.1 Å². The van der Waals surface area contributed by atoms with Crippen molar-refractivity contribution in [2.45, 2.75) is 352 Å². The van der Waals surface area contributed by atoms with Crippen LogP contribution in [0, 0.1) is 119 Å². The molecule has 25 nitrogen and oxygen atoms in total. The number of para-hydroxylation sites is 1. The third-order valence-electron chi connectivity index (χ3n) is 32.9. The molecule has 16 saturated heterocycles. The number of carbonyl (C=O) groups is 4. The SMILES string of the molecule is C[C@H]1[C@@H](CCC(=O)NCc2ccccc2F)O[C@@H]2O[C@]3(C)CC[C@H]4[C@H](C)CC[C@@H]1[C@@]24OO3.C[C@H]1[C@@H](CCC(=O)Nc2cccc(F)c2)O[C@@H]2O[C@]3(C)CC[C@H]4[C@H](C)CC[C@@H]1[C@@]24OO3.C[C@H]1[C@@H](CCC(=O)Nc2ccccc2F)O[C@@H]2O[C@]3(C)CC[C@H]4[C@H](C)CC[C@@H]1[C@@]24OO3.Cc1cc(CNC(=O)CC[C@H]2O[C@@H]3O[C@]4(C)CC[C@H]5[C@H](C)CC[C@@H]([C@H]2C)[C@@]35OO4)ccn1. The minimum atomic E-state index is -0.801. The van der Waals surface area contributed by atoms with E-state index in [1.54, 1.807) is 54.7 Å². The largest absolute Gasteiger partial charge is 0.352 e. The highest BCUT2D eigenvalue weighted by molar-refractivity contribution is 5.91. The van der Waals surface area contributed by atoms with E-state index in [2.05, 4.69) is 81.6 Å². The second-order valence-electron chi connectivity index (χ2n) is 41.0. The standard InChI is InChI=1S/C25H34FNO5.C25H36N2O5.2C24H32FNO5/c1-15-8-9-19-16(2)21(10-11-22(28)27-14-17-6-4-5-7-20(17)26)29-23-25(19)18(15)12-13-24(3,30-23)31-32-25;1-15-5-6-20-17(3)21(7-8-22(28)27-14-18-10-12-26-16(2)13-18)29-23-25(20)19(15)9-11-24(4,30-23)31-32-25;1-14-7-8-19-15(2)20(9-10-21(27)26-17-6-4-5-16(25)13-17)28-22-24(19)18(14)11-12-23(3,29-22)30-31-24;1-14-8-9-17-15(2)20(10-11-21(27)26-19-7-5-4-6-18(19)25)28-22-24(17)16(14)12-13-23(3,29-22)30-31-24/h4-7,15-16,18-19,21,23H,8-14H2,1-3H3,(H,27,28);10,12-13,15,17,19-21,23H,5-9,11,14H2,1-4H3,(H,27,28);4-6,13-15,18-20,22H,7-12H2,1-3H3,(H,26,27);4-7,14-17,20,22H,8-13H2,1-3H3,(H,26,27)/t15-,16-,18+,19+,21-,23-,24+,25-;15-,17-,19+,20+,21-,23-,24+,25-;14-,15-,18+,19+,20-,22-,23+,24-;14-,15-,16+,17+,20-,22-,23+,24-/m1111/s1. The van der Waals surface area contributed by atoms with Gasteiger partial charge >= 0.3 is 0 Å². The van der Waals surface area contributed by atoms with Crippen molar-refractivity contribution in [2.24, 2.45) is 94.7 Å². The molecule has 24 rings (SSSR count). The molecule has 3 aromatic carbocycles. The molecule has 20 aliphatic rings. The number of benzene rings is 3. The van der Waals surface area contributed by atoms with Crippen molar-refractivity contribution in [3.8, 4) is 0 Å². The molecule has 16 aliphatic heterocycles. The molecule has 0 unspecified atom stereocenters. The Hall–Kier alpha value is -6.16. The van der Waals surface area contributed by atoms with Crippen molar-refractivity contribution in [2.75, 3.05) is 10.6 Å². The topological polar surface area (TPSA) is 277 Å². The second-order valence-corrected chi connectivity index (χ2v) is 41.0. The first kappa shape index (κ1) is 91.7. The predicted molar refractivity (Wildman–Crippen MR) is 453 cm³/mol. The summed E-state index contributed by atoms with van der Waals surface area (Å²) in [7, 11) is 0. The number of carbonyl (C=O) groups excluding carboxylic acids is 4. The zero-order chi connectivity index (χ0) is 88.6. The molecular formula is C98H134F3N5O20. The number of nitrogens with one attached hydrogen (secondary N) is 4. The van der Waals surface area contributed by atoms with Crippen LogP contribution < -0.4 is 21.3 Å². The average molecular weight is 1760 g/mol. The molecule has 692 valence electrons. The first-order valence-corrected chi connectivity index (χ1v) is 47.3. The monoisotopic (exact) mass is 1760 g/mol. The van der Waals surface area contributed by atoms with Crippen LogP contribution in [0.3, 0.4) is 0 Å². The number of rotatable bonds is 18. The molecule has 17 heterocycles. The summed E-state index contributed by atoms with van der Waals surface area (Å²) in [5.41, 5.74) is 0.901. The Kier molecular flexibility index (Phi) is 26.8. The van der Waals surface area contributed by atoms with Crippen molar-refractivity contribution >= 4 is 35.0 Å². The molecule has 4 N–H and O–H groups in total. The minimum absolute atomic E-state index is 0.0369. The summed E-state index contributed by atoms with van der Waals surface area (Å²) in [6.45, 7) is 28.4. The Morgan fingerprint density at radius 1 is 0.381 bits per heavy atom. The zero-order valence-corrected chi connectivity index (χ0v) is 75.6. The Morgan fingerprint density at radius 2 is 0.738 bits per heavy atom. The highest BCUT2D eigenvalue weighted by Crippen LogP contribution is 2.66. The summed E-state index contributed by atoms with van der Waals surface area (Å²) in [5, 5.41) is 11.3. The summed E-state index contributed by atoms with van der Waals surface area (Å²) in [5.74, 6) is 0.763. The van der Waals surface area contributed by atoms with Gasteiger partial charge in [-0.3, -0.25) is 24.2 Å². The summed E-state index contributed by atoms with van der Waals surface area (Å²) < 4.78 is 92.6. The van der Waals surface area contributed by atoms with Crippen molar-refractivity contribution in [3.63, 3.8) is 0 Å². The number of ether oxygens (including phenoxy) is 8. The maximum Gasteiger partial charge on any atom is 0.224 e. The molecule has 32 atom stereocenters.